The minimum atomic E-state index is -3.95. The van der Waals surface area contributed by atoms with Crippen LogP contribution >= 0.6 is 0 Å². The maximum absolute atomic E-state index is 13.9. The molecule has 3 atom stereocenters. The van der Waals surface area contributed by atoms with Crippen LogP contribution in [-0.2, 0) is 24.1 Å². The molecular formula is C24H34O5S. The van der Waals surface area contributed by atoms with Gasteiger partial charge in [-0.3, -0.25) is 4.79 Å². The second-order valence-electron chi connectivity index (χ2n) is 8.32. The van der Waals surface area contributed by atoms with Gasteiger partial charge >= 0.3 is 5.97 Å². The van der Waals surface area contributed by atoms with Crippen LogP contribution < -0.4 is 0 Å². The Balaban J connectivity index is 2.06. The summed E-state index contributed by atoms with van der Waals surface area (Å²) in [6.07, 6.45) is 10.9. The first-order valence-electron chi connectivity index (χ1n) is 11.3. The first-order valence-corrected chi connectivity index (χ1v) is 12.8. The van der Waals surface area contributed by atoms with Crippen molar-refractivity contribution in [2.45, 2.75) is 80.5 Å². The van der Waals surface area contributed by atoms with E-state index in [2.05, 4.69) is 0 Å². The lowest BCUT2D eigenvalue weighted by molar-refractivity contribution is -0.143. The molecule has 166 valence electrons. The number of rotatable bonds is 4. The van der Waals surface area contributed by atoms with E-state index in [0.29, 0.717) is 26.1 Å². The van der Waals surface area contributed by atoms with Crippen molar-refractivity contribution >= 4 is 15.8 Å². The van der Waals surface area contributed by atoms with Crippen LogP contribution in [0.1, 0.15) is 64.7 Å². The second-order valence-corrected chi connectivity index (χ2v) is 10.5. The Bertz CT molecular complexity index is 817. The molecule has 0 aromatic heterocycles. The molecule has 2 heterocycles. The Morgan fingerprint density at radius 2 is 1.80 bits per heavy atom. The number of ether oxygens (including phenoxy) is 2. The lowest BCUT2D eigenvalue weighted by Gasteiger charge is -2.31. The van der Waals surface area contributed by atoms with Gasteiger partial charge in [-0.05, 0) is 50.7 Å². The summed E-state index contributed by atoms with van der Waals surface area (Å²) in [5.41, 5.74) is 0. The third kappa shape index (κ3) is 4.65. The third-order valence-electron chi connectivity index (χ3n) is 6.33. The minimum Gasteiger partial charge on any atom is -0.461 e. The van der Waals surface area contributed by atoms with Gasteiger partial charge in [0.05, 0.1) is 4.90 Å². The molecule has 1 saturated heterocycles. The quantitative estimate of drug-likeness (QED) is 0.500. The highest BCUT2D eigenvalue weighted by Crippen LogP contribution is 2.47. The molecule has 0 N–H and O–H groups in total. The van der Waals surface area contributed by atoms with Crippen molar-refractivity contribution in [1.82, 2.24) is 0 Å². The predicted octanol–water partition coefficient (Wildman–Crippen LogP) is 4.86. The fourth-order valence-electron chi connectivity index (χ4n) is 4.71. The van der Waals surface area contributed by atoms with Crippen molar-refractivity contribution in [2.75, 3.05) is 13.2 Å². The zero-order valence-electron chi connectivity index (χ0n) is 17.9. The van der Waals surface area contributed by atoms with Gasteiger partial charge < -0.3 is 9.47 Å². The number of allylic oxidation sites excluding steroid dienone is 2. The van der Waals surface area contributed by atoms with Crippen molar-refractivity contribution in [1.29, 1.82) is 0 Å². The molecule has 0 unspecified atom stereocenters. The number of sulfone groups is 1. The summed E-state index contributed by atoms with van der Waals surface area (Å²) in [6.45, 7) is 3.14. The van der Waals surface area contributed by atoms with Crippen molar-refractivity contribution < 1.29 is 22.7 Å². The van der Waals surface area contributed by atoms with Gasteiger partial charge in [-0.25, -0.2) is 8.42 Å². The molecule has 5 nitrogen and oxygen atoms in total. The van der Waals surface area contributed by atoms with E-state index in [1.54, 1.807) is 30.3 Å². The van der Waals surface area contributed by atoms with Crippen molar-refractivity contribution in [3.05, 3.63) is 42.5 Å². The Labute approximate surface area is 180 Å². The summed E-state index contributed by atoms with van der Waals surface area (Å²) in [4.78, 5) is 13.5. The minimum absolute atomic E-state index is 0.147. The fourth-order valence-corrected chi connectivity index (χ4v) is 6.89. The van der Waals surface area contributed by atoms with Gasteiger partial charge in [-0.1, -0.05) is 56.5 Å². The number of fused-ring (bicyclic) bond motifs is 1. The van der Waals surface area contributed by atoms with Gasteiger partial charge in [0, 0.05) is 19.1 Å². The zero-order valence-corrected chi connectivity index (χ0v) is 18.7. The first-order chi connectivity index (χ1) is 14.5. The van der Waals surface area contributed by atoms with E-state index < -0.39 is 32.6 Å². The average Bonchev–Trinajstić information content (AvgIpc) is 3.01. The highest BCUT2D eigenvalue weighted by atomic mass is 32.2. The van der Waals surface area contributed by atoms with E-state index in [9.17, 15) is 13.2 Å². The van der Waals surface area contributed by atoms with Crippen LogP contribution in [-0.4, -0.2) is 38.5 Å². The molecule has 2 aliphatic heterocycles. The zero-order chi connectivity index (χ0) is 21.5. The molecule has 2 aliphatic rings. The van der Waals surface area contributed by atoms with Gasteiger partial charge in [-0.15, -0.1) is 0 Å². The van der Waals surface area contributed by atoms with Crippen LogP contribution in [0.5, 0.6) is 0 Å². The Hall–Kier alpha value is -1.66. The lowest BCUT2D eigenvalue weighted by Crippen LogP contribution is -2.49. The van der Waals surface area contributed by atoms with Crippen molar-refractivity contribution in [2.24, 2.45) is 5.92 Å². The van der Waals surface area contributed by atoms with Crippen molar-refractivity contribution in [3.8, 4) is 0 Å². The largest absolute Gasteiger partial charge is 0.461 e. The van der Waals surface area contributed by atoms with E-state index in [-0.39, 0.29) is 11.3 Å². The average molecular weight is 435 g/mol. The summed E-state index contributed by atoms with van der Waals surface area (Å²) in [5.74, 6) is -1.03. The summed E-state index contributed by atoms with van der Waals surface area (Å²) >= 11 is 0. The Morgan fingerprint density at radius 3 is 2.57 bits per heavy atom. The SMILES string of the molecule is CCC[C@H]1OC(=O)[C@]2(S(=O)(=O)c3ccccc3)C/C=C\CCCCCCOCC[C@H]12. The number of hydrogen-bond donors (Lipinski definition) is 0. The Morgan fingerprint density at radius 1 is 1.03 bits per heavy atom. The van der Waals surface area contributed by atoms with Crippen LogP contribution in [0.2, 0.25) is 0 Å². The normalized spacial score (nSPS) is 30.1. The molecule has 6 heteroatoms. The van der Waals surface area contributed by atoms with Gasteiger partial charge in [0.1, 0.15) is 6.10 Å². The number of carbonyl (C=O) groups excluding carboxylic acids is 1. The maximum atomic E-state index is 13.9. The standard InChI is InChI=1S/C24H34O5S/c1-2-13-22-21-16-19-28-18-12-7-5-3-4-6-11-17-24(21,23(25)29-22)30(26,27)20-14-9-8-10-15-20/h6,8-11,14-15,21-22H,2-5,7,12-13,16-19H2,1H3/b11-6-/t21-,22-,24+/m1/s1. The van der Waals surface area contributed by atoms with Crippen molar-refractivity contribution in [3.63, 3.8) is 0 Å². The van der Waals surface area contributed by atoms with Crippen LogP contribution in [0.15, 0.2) is 47.4 Å². The molecular weight excluding hydrogens is 400 g/mol. The molecule has 3 rings (SSSR count). The molecule has 1 fully saturated rings. The number of carbonyl (C=O) groups is 1. The number of esters is 1. The predicted molar refractivity (Wildman–Crippen MR) is 117 cm³/mol. The van der Waals surface area contributed by atoms with Gasteiger partial charge in [-0.2, -0.15) is 0 Å². The van der Waals surface area contributed by atoms with Crippen LogP contribution in [0.25, 0.3) is 0 Å². The maximum Gasteiger partial charge on any atom is 0.328 e. The molecule has 30 heavy (non-hydrogen) atoms. The van der Waals surface area contributed by atoms with E-state index in [0.717, 1.165) is 38.5 Å². The molecule has 0 aliphatic carbocycles. The van der Waals surface area contributed by atoms with Gasteiger partial charge in [0.2, 0.25) is 0 Å². The molecule has 0 saturated carbocycles. The fraction of sp³-hybridized carbons (Fsp3) is 0.625. The highest BCUT2D eigenvalue weighted by molar-refractivity contribution is 7.93. The molecule has 0 radical (unpaired) electrons. The number of benzene rings is 1. The lowest BCUT2D eigenvalue weighted by atomic mass is 9.83. The molecule has 1 aromatic rings. The van der Waals surface area contributed by atoms with E-state index >= 15 is 0 Å². The smallest absolute Gasteiger partial charge is 0.328 e. The number of cyclic esters (lactones) is 1. The summed E-state index contributed by atoms with van der Waals surface area (Å²) in [7, 11) is -3.95. The summed E-state index contributed by atoms with van der Waals surface area (Å²) in [6, 6.07) is 8.33. The van der Waals surface area contributed by atoms with E-state index in [1.165, 1.54) is 0 Å². The van der Waals surface area contributed by atoms with Crippen LogP contribution in [0, 0.1) is 5.92 Å². The van der Waals surface area contributed by atoms with Crippen LogP contribution in [0.3, 0.4) is 0 Å². The summed E-state index contributed by atoms with van der Waals surface area (Å²) in [5, 5.41) is 0. The molecule has 0 bridgehead atoms. The molecule has 0 amide bonds. The van der Waals surface area contributed by atoms with Gasteiger partial charge in [0.15, 0.2) is 14.6 Å². The van der Waals surface area contributed by atoms with Gasteiger partial charge in [0.25, 0.3) is 0 Å². The van der Waals surface area contributed by atoms with E-state index in [1.807, 2.05) is 19.1 Å². The third-order valence-corrected chi connectivity index (χ3v) is 8.82. The highest BCUT2D eigenvalue weighted by Gasteiger charge is 2.64. The molecule has 1 aromatic carbocycles. The first kappa shape index (κ1) is 23.0. The summed E-state index contributed by atoms with van der Waals surface area (Å²) < 4.78 is 37.8. The molecule has 0 spiro atoms. The Kier molecular flexibility index (Phi) is 8.12. The van der Waals surface area contributed by atoms with E-state index in [4.69, 9.17) is 9.47 Å². The second kappa shape index (κ2) is 10.6. The topological polar surface area (TPSA) is 69.7 Å². The monoisotopic (exact) mass is 434 g/mol. The number of hydrogen-bond acceptors (Lipinski definition) is 5. The van der Waals surface area contributed by atoms with Crippen LogP contribution in [0.4, 0.5) is 0 Å².